The molecule has 9 aromatic carbocycles. The predicted molar refractivity (Wildman–Crippen MR) is 275 cm³/mol. The van der Waals surface area contributed by atoms with Crippen LogP contribution in [0.2, 0.25) is 0 Å². The van der Waals surface area contributed by atoms with Gasteiger partial charge in [0.05, 0.1) is 58.2 Å². The third-order valence-corrected chi connectivity index (χ3v) is 12.8. The van der Waals surface area contributed by atoms with Gasteiger partial charge in [0.1, 0.15) is 0 Å². The number of aromatic nitrogens is 4. The molecule has 0 fully saturated rings. The lowest BCUT2D eigenvalue weighted by Gasteiger charge is -2.12. The molecule has 0 saturated carbocycles. The largest absolute Gasteiger partial charge is 0.309 e. The van der Waals surface area contributed by atoms with Gasteiger partial charge in [0.25, 0.3) is 0 Å². The van der Waals surface area contributed by atoms with Crippen LogP contribution in [-0.4, -0.2) is 19.1 Å². The Morgan fingerprint density at radius 2 is 0.868 bits per heavy atom. The van der Waals surface area contributed by atoms with Crippen LogP contribution in [0.15, 0.2) is 212 Å². The Morgan fingerprint density at radius 3 is 1.50 bits per heavy atom. The van der Waals surface area contributed by atoms with E-state index < -0.39 is 0 Å². The topological polar surface area (TPSA) is 68.2 Å². The van der Waals surface area contributed by atoms with E-state index in [-0.39, 0.29) is 0 Å². The molecule has 0 N–H and O–H groups in total. The first-order chi connectivity index (χ1) is 33.5. The molecule has 7 nitrogen and oxygen atoms in total. The molecule has 68 heavy (non-hydrogen) atoms. The van der Waals surface area contributed by atoms with Crippen LogP contribution in [0.25, 0.3) is 121 Å². The van der Waals surface area contributed by atoms with E-state index in [9.17, 15) is 5.26 Å². The predicted octanol–water partition coefficient (Wildman–Crippen LogP) is 16.0. The van der Waals surface area contributed by atoms with Gasteiger partial charge in [-0.25, -0.2) is 19.7 Å². The van der Waals surface area contributed by atoms with E-state index in [1.807, 2.05) is 115 Å². The average Bonchev–Trinajstić information content (AvgIpc) is 3.92. The van der Waals surface area contributed by atoms with E-state index in [0.29, 0.717) is 28.5 Å². The summed E-state index contributed by atoms with van der Waals surface area (Å²) in [5.74, 6) is 0.607. The Kier molecular flexibility index (Phi) is 9.51. The molecule has 0 radical (unpaired) electrons. The second-order valence-corrected chi connectivity index (χ2v) is 16.7. The number of hydrogen-bond donors (Lipinski definition) is 0. The quantitative estimate of drug-likeness (QED) is 0.150. The van der Waals surface area contributed by atoms with Crippen molar-refractivity contribution in [1.29, 1.82) is 5.26 Å². The summed E-state index contributed by atoms with van der Waals surface area (Å²) in [6.07, 6.45) is 0. The van der Waals surface area contributed by atoms with Gasteiger partial charge < -0.3 is 9.13 Å². The van der Waals surface area contributed by atoms with Gasteiger partial charge in [-0.05, 0) is 106 Å². The Bertz CT molecular complexity index is 3960. The molecule has 3 aromatic heterocycles. The van der Waals surface area contributed by atoms with Gasteiger partial charge >= 0.3 is 0 Å². The summed E-state index contributed by atoms with van der Waals surface area (Å²) >= 11 is 0. The molecule has 12 rings (SSSR count). The lowest BCUT2D eigenvalue weighted by Crippen LogP contribution is -1.97. The van der Waals surface area contributed by atoms with Gasteiger partial charge in [0.15, 0.2) is 17.2 Å². The normalized spacial score (nSPS) is 11.2. The van der Waals surface area contributed by atoms with Gasteiger partial charge in [0.2, 0.25) is 0 Å². The molecule has 0 saturated heterocycles. The van der Waals surface area contributed by atoms with Crippen LogP contribution in [0, 0.1) is 24.5 Å². The first kappa shape index (κ1) is 39.7. The molecule has 0 aliphatic heterocycles. The number of fused-ring (bicyclic) bond motifs is 6. The lowest BCUT2D eigenvalue weighted by atomic mass is 9.95. The fourth-order valence-corrected chi connectivity index (χ4v) is 9.55. The molecule has 0 aliphatic carbocycles. The molecule has 0 bridgehead atoms. The number of rotatable bonds is 7. The molecule has 0 unspecified atom stereocenters. The van der Waals surface area contributed by atoms with Crippen molar-refractivity contribution in [1.82, 2.24) is 19.1 Å². The van der Waals surface area contributed by atoms with E-state index in [0.717, 1.165) is 99.6 Å². The minimum atomic E-state index is 0.541. The van der Waals surface area contributed by atoms with Crippen molar-refractivity contribution in [3.63, 3.8) is 0 Å². The maximum atomic E-state index is 10.5. The SMILES string of the molecule is [C-]#[N+]c1ccc2c(c1)c1cc([N+]#[C-])ccc1n2-c1ccc2c(c1)c1ccccc1n2-c1ccc(-c2ccc(-c3ccc(-c4cc(-c5ccccc5)nc(-c5ccccc5)n4)c(C#N)c3)cc2)cc1. The monoisotopic (exact) mass is 865 g/mol. The summed E-state index contributed by atoms with van der Waals surface area (Å²) in [5.41, 5.74) is 16.2. The fourth-order valence-electron chi connectivity index (χ4n) is 9.55. The van der Waals surface area contributed by atoms with Crippen LogP contribution in [0.3, 0.4) is 0 Å². The minimum absolute atomic E-state index is 0.541. The Morgan fingerprint density at radius 1 is 0.382 bits per heavy atom. The van der Waals surface area contributed by atoms with Gasteiger partial charge in [0, 0.05) is 38.8 Å². The van der Waals surface area contributed by atoms with E-state index >= 15 is 0 Å². The van der Waals surface area contributed by atoms with Crippen LogP contribution in [-0.2, 0) is 0 Å². The molecule has 0 amide bonds. The molecular weight excluding hydrogens is 831 g/mol. The van der Waals surface area contributed by atoms with Gasteiger partial charge in [-0.15, -0.1) is 0 Å². The highest BCUT2D eigenvalue weighted by Gasteiger charge is 2.19. The van der Waals surface area contributed by atoms with Crippen LogP contribution in [0.4, 0.5) is 11.4 Å². The Hall–Kier alpha value is -9.87. The number of nitrogens with zero attached hydrogens (tertiary/aromatic N) is 7. The average molecular weight is 866 g/mol. The lowest BCUT2D eigenvalue weighted by molar-refractivity contribution is 1.17. The van der Waals surface area contributed by atoms with Crippen LogP contribution in [0.1, 0.15) is 5.56 Å². The smallest absolute Gasteiger partial charge is 0.188 e. The Balaban J connectivity index is 0.861. The molecule has 0 spiro atoms. The van der Waals surface area contributed by atoms with Crippen molar-refractivity contribution in [3.05, 3.63) is 241 Å². The van der Waals surface area contributed by atoms with Crippen molar-refractivity contribution in [2.45, 2.75) is 0 Å². The van der Waals surface area contributed by atoms with Gasteiger partial charge in [-0.2, -0.15) is 5.26 Å². The van der Waals surface area contributed by atoms with Crippen molar-refractivity contribution in [2.24, 2.45) is 0 Å². The second-order valence-electron chi connectivity index (χ2n) is 16.7. The second kappa shape index (κ2) is 16.3. The summed E-state index contributed by atoms with van der Waals surface area (Å²) in [6, 6.07) is 74.3. The highest BCUT2D eigenvalue weighted by molar-refractivity contribution is 6.13. The summed E-state index contributed by atoms with van der Waals surface area (Å²) in [7, 11) is 0. The minimum Gasteiger partial charge on any atom is -0.309 e. The summed E-state index contributed by atoms with van der Waals surface area (Å²) < 4.78 is 4.55. The van der Waals surface area contributed by atoms with Crippen LogP contribution >= 0.6 is 0 Å². The van der Waals surface area contributed by atoms with Gasteiger partial charge in [-0.3, -0.25) is 0 Å². The molecule has 0 aliphatic rings. The zero-order valence-electron chi connectivity index (χ0n) is 36.3. The molecule has 0 atom stereocenters. The highest BCUT2D eigenvalue weighted by atomic mass is 15.0. The molecule has 7 heteroatoms. The van der Waals surface area contributed by atoms with Crippen molar-refractivity contribution < 1.29 is 0 Å². The van der Waals surface area contributed by atoms with E-state index in [1.54, 1.807) is 0 Å². The molecule has 12 aromatic rings. The number of para-hydroxylation sites is 1. The van der Waals surface area contributed by atoms with E-state index in [1.165, 1.54) is 0 Å². The number of benzene rings is 9. The van der Waals surface area contributed by atoms with Gasteiger partial charge in [-0.1, -0.05) is 140 Å². The van der Waals surface area contributed by atoms with E-state index in [2.05, 4.69) is 122 Å². The first-order valence-corrected chi connectivity index (χ1v) is 22.2. The van der Waals surface area contributed by atoms with Crippen molar-refractivity contribution in [2.75, 3.05) is 0 Å². The fraction of sp³-hybridized carbons (Fsp3) is 0. The Labute approximate surface area is 392 Å². The highest BCUT2D eigenvalue weighted by Crippen LogP contribution is 2.40. The summed E-state index contributed by atoms with van der Waals surface area (Å²) in [5, 5.41) is 14.6. The third kappa shape index (κ3) is 6.74. The molecule has 3 heterocycles. The standard InChI is InChI=1S/C61H35N7/c1-63-46-24-30-58-52(34-46)53-35-47(64-2)25-31-59(53)68(58)49-28-32-60-54(36-49)51-15-9-10-16-57(51)67(60)48-26-21-40(22-27-48)39-17-19-41(20-18-39)44-23-29-50(45(33-44)38-62)56-37-55(42-11-5-3-6-12-42)65-61(66-56)43-13-7-4-8-14-43/h3-37H. The number of nitriles is 1. The summed E-state index contributed by atoms with van der Waals surface area (Å²) in [4.78, 5) is 17.3. The zero-order valence-corrected chi connectivity index (χ0v) is 36.3. The number of hydrogen-bond acceptors (Lipinski definition) is 3. The maximum absolute atomic E-state index is 10.5. The van der Waals surface area contributed by atoms with Crippen molar-refractivity contribution in [3.8, 4) is 73.6 Å². The van der Waals surface area contributed by atoms with Crippen molar-refractivity contribution >= 4 is 55.0 Å². The third-order valence-electron chi connectivity index (χ3n) is 12.8. The molecular formula is C61H35N7. The molecule has 314 valence electrons. The van der Waals surface area contributed by atoms with Crippen LogP contribution < -0.4 is 0 Å². The first-order valence-electron chi connectivity index (χ1n) is 22.2. The zero-order chi connectivity index (χ0) is 45.7. The summed E-state index contributed by atoms with van der Waals surface area (Å²) in [6.45, 7) is 15.3. The van der Waals surface area contributed by atoms with Crippen LogP contribution in [0.5, 0.6) is 0 Å². The van der Waals surface area contributed by atoms with E-state index in [4.69, 9.17) is 23.1 Å². The maximum Gasteiger partial charge on any atom is 0.188 e.